The molecule has 0 aromatic carbocycles. The highest BCUT2D eigenvalue weighted by Crippen LogP contribution is 2.54. The van der Waals surface area contributed by atoms with E-state index in [1.54, 1.807) is 0 Å². The van der Waals surface area contributed by atoms with Crippen LogP contribution < -0.4 is 5.73 Å². The topological polar surface area (TPSA) is 250 Å². The summed E-state index contributed by atoms with van der Waals surface area (Å²) >= 11 is 0. The van der Waals surface area contributed by atoms with Gasteiger partial charge < -0.3 is 45.1 Å². The number of aliphatic carboxylic acids is 1. The number of carboxylic acids is 1. The van der Waals surface area contributed by atoms with E-state index in [-0.39, 0.29) is 30.0 Å². The zero-order chi connectivity index (χ0) is 26.1. The number of esters is 1. The first-order valence-electron chi connectivity index (χ1n) is 10.1. The Kier molecular flexibility index (Phi) is 7.71. The predicted octanol–water partition coefficient (Wildman–Crippen LogP) is -1.51. The molecule has 1 aliphatic rings. The predicted molar refractivity (Wildman–Crippen MR) is 110 cm³/mol. The number of carboxylic acid groups (broad SMARTS) is 1. The van der Waals surface area contributed by atoms with Crippen LogP contribution >= 0.6 is 7.60 Å². The molecule has 0 radical (unpaired) electrons. The third kappa shape index (κ3) is 5.11. The van der Waals surface area contributed by atoms with Crippen LogP contribution in [0.2, 0.25) is 0 Å². The van der Waals surface area contributed by atoms with Crippen LogP contribution in [0.5, 0.6) is 0 Å². The number of aromatic nitrogens is 4. The molecule has 35 heavy (non-hydrogen) atoms. The fraction of sp³-hybridized carbons (Fsp3) is 0.588. The second-order valence-corrected chi connectivity index (χ2v) is 9.32. The maximum Gasteiger partial charge on any atom is 0.369 e. The number of nitrogen functional groups attached to an aromatic ring is 1. The molecule has 18 heteroatoms. The molecule has 194 valence electrons. The third-order valence-corrected chi connectivity index (χ3v) is 6.64. The molecule has 1 aliphatic heterocycles. The van der Waals surface area contributed by atoms with Crippen molar-refractivity contribution >= 4 is 36.5 Å². The number of ether oxygens (including phenoxy) is 3. The minimum atomic E-state index is -5.53. The Morgan fingerprint density at radius 2 is 2.00 bits per heavy atom. The minimum Gasteiger partial charge on any atom is -0.481 e. The molecule has 1 saturated heterocycles. The number of anilines is 1. The highest BCUT2D eigenvalue weighted by atomic mass is 31.2. The maximum atomic E-state index is 13.6. The number of carbonyl (C=O) groups excluding carboxylic acids is 1. The number of nitrogens with two attached hydrogens (primary N) is 1. The summed E-state index contributed by atoms with van der Waals surface area (Å²) in [6.45, 7) is 0.347. The van der Waals surface area contributed by atoms with Gasteiger partial charge in [-0.15, -0.1) is 0 Å². The second kappa shape index (κ2) is 10.1. The average Bonchev–Trinajstić information content (AvgIpc) is 3.28. The number of imidazole rings is 1. The van der Waals surface area contributed by atoms with Crippen molar-refractivity contribution in [3.05, 3.63) is 12.4 Å². The molecule has 2 aromatic heterocycles. The maximum absolute atomic E-state index is 13.6. The van der Waals surface area contributed by atoms with E-state index >= 15 is 0 Å². The van der Waals surface area contributed by atoms with Gasteiger partial charge in [-0.25, -0.2) is 9.78 Å². The summed E-state index contributed by atoms with van der Waals surface area (Å²) in [6.07, 6.45) is -7.51. The van der Waals surface area contributed by atoms with Gasteiger partial charge in [0.15, 0.2) is 23.2 Å². The van der Waals surface area contributed by atoms with Crippen molar-refractivity contribution in [2.75, 3.05) is 18.9 Å². The molecule has 0 amide bonds. The van der Waals surface area contributed by atoms with Crippen LogP contribution in [-0.2, 0) is 28.4 Å². The first-order valence-corrected chi connectivity index (χ1v) is 11.7. The van der Waals surface area contributed by atoms with Gasteiger partial charge in [-0.3, -0.25) is 13.9 Å². The summed E-state index contributed by atoms with van der Waals surface area (Å²) in [5, 5.41) is 26.8. The van der Waals surface area contributed by atoms with Crippen molar-refractivity contribution in [1.82, 2.24) is 19.5 Å². The number of rotatable bonds is 10. The van der Waals surface area contributed by atoms with E-state index in [9.17, 15) is 38.5 Å². The zero-order valence-corrected chi connectivity index (χ0v) is 19.0. The van der Waals surface area contributed by atoms with Crippen molar-refractivity contribution in [3.63, 3.8) is 0 Å². The Labute approximate surface area is 195 Å². The largest absolute Gasteiger partial charge is 0.481 e. The molecule has 3 heterocycles. The number of aliphatic hydroxyl groups excluding tert-OH is 2. The van der Waals surface area contributed by atoms with Gasteiger partial charge in [0.1, 0.15) is 12.2 Å². The fourth-order valence-electron chi connectivity index (χ4n) is 3.58. The lowest BCUT2D eigenvalue weighted by atomic mass is 10.1. The Morgan fingerprint density at radius 3 is 2.60 bits per heavy atom. The van der Waals surface area contributed by atoms with E-state index in [4.69, 9.17) is 20.3 Å². The lowest BCUT2D eigenvalue weighted by Crippen LogP contribution is -2.45. The Bertz CT molecular complexity index is 1160. The highest BCUT2D eigenvalue weighted by molar-refractivity contribution is 7.54. The summed E-state index contributed by atoms with van der Waals surface area (Å²) in [6, 6.07) is 0. The standard InChI is InChI=1S/C17H23FN5O11P/c1-2-32-15(28)17(5-8(24)25,35(29,30)31)33-4-3-7-10(26)11(27)14(34-7)23-6-20-9-12(19)21-16(18)22-13(9)23/h6-7,10-11,14,26-27H,2-5H2,1H3,(H,24,25)(H2,19,21,22)(H2,29,30,31)/t7-,10-,11-,14-,17?/m1/s1. The lowest BCUT2D eigenvalue weighted by molar-refractivity contribution is -0.170. The molecule has 0 bridgehead atoms. The molecule has 16 nitrogen and oxygen atoms in total. The second-order valence-electron chi connectivity index (χ2n) is 7.50. The quantitative estimate of drug-likeness (QED) is 0.118. The van der Waals surface area contributed by atoms with E-state index in [1.807, 2.05) is 0 Å². The molecule has 0 aliphatic carbocycles. The fourth-order valence-corrected chi connectivity index (χ4v) is 4.48. The van der Waals surface area contributed by atoms with E-state index in [1.165, 1.54) is 6.92 Å². The summed E-state index contributed by atoms with van der Waals surface area (Å²) < 4.78 is 42.1. The summed E-state index contributed by atoms with van der Waals surface area (Å²) in [5.41, 5.74) is 5.48. The Hall–Kier alpha value is -2.79. The lowest BCUT2D eigenvalue weighted by Gasteiger charge is -2.31. The van der Waals surface area contributed by atoms with Crippen molar-refractivity contribution in [1.29, 1.82) is 0 Å². The molecule has 0 saturated carbocycles. The first-order chi connectivity index (χ1) is 16.3. The number of aliphatic hydroxyl groups is 2. The molecular weight excluding hydrogens is 500 g/mol. The number of nitrogens with zero attached hydrogens (tertiary/aromatic N) is 4. The van der Waals surface area contributed by atoms with E-state index in [2.05, 4.69) is 19.7 Å². The number of fused-ring (bicyclic) bond motifs is 1. The number of hydrogen-bond donors (Lipinski definition) is 6. The smallest absolute Gasteiger partial charge is 0.369 e. The van der Waals surface area contributed by atoms with Crippen LogP contribution in [0.4, 0.5) is 10.2 Å². The number of hydrogen-bond acceptors (Lipinski definition) is 12. The molecule has 2 aromatic rings. The van der Waals surface area contributed by atoms with Crippen LogP contribution in [0.3, 0.4) is 0 Å². The van der Waals surface area contributed by atoms with Crippen molar-refractivity contribution < 1.29 is 57.9 Å². The first kappa shape index (κ1) is 26.8. The molecule has 3 rings (SSSR count). The molecule has 0 spiro atoms. The van der Waals surface area contributed by atoms with Crippen molar-refractivity contribution in [3.8, 4) is 0 Å². The van der Waals surface area contributed by atoms with Gasteiger partial charge >= 0.3 is 25.6 Å². The van der Waals surface area contributed by atoms with Gasteiger partial charge in [0, 0.05) is 0 Å². The van der Waals surface area contributed by atoms with E-state index < -0.39 is 68.5 Å². The minimum absolute atomic E-state index is 0.0120. The van der Waals surface area contributed by atoms with Gasteiger partial charge in [-0.1, -0.05) is 0 Å². The molecule has 1 unspecified atom stereocenters. The Morgan fingerprint density at radius 1 is 1.31 bits per heavy atom. The highest BCUT2D eigenvalue weighted by Gasteiger charge is 2.58. The summed E-state index contributed by atoms with van der Waals surface area (Å²) in [7, 11) is -5.53. The van der Waals surface area contributed by atoms with Crippen molar-refractivity contribution in [2.24, 2.45) is 0 Å². The third-order valence-electron chi connectivity index (χ3n) is 5.23. The van der Waals surface area contributed by atoms with Gasteiger partial charge in [0.2, 0.25) is 0 Å². The molecule has 7 N–H and O–H groups in total. The average molecular weight is 523 g/mol. The van der Waals surface area contributed by atoms with Gasteiger partial charge in [0.25, 0.3) is 5.34 Å². The number of halogens is 1. The van der Waals surface area contributed by atoms with E-state index in [0.29, 0.717) is 0 Å². The SMILES string of the molecule is CCOC(=O)C(CC(=O)O)(OCC[C@H]1O[C@@H](n2cnc3c(N)nc(F)nc32)[C@H](O)[C@@H]1O)P(=O)(O)O. The number of carbonyl (C=O) groups is 2. The van der Waals surface area contributed by atoms with Crippen LogP contribution in [0.1, 0.15) is 26.0 Å². The van der Waals surface area contributed by atoms with Crippen LogP contribution in [0.25, 0.3) is 11.2 Å². The molecule has 1 fully saturated rings. The Balaban J connectivity index is 1.79. The van der Waals surface area contributed by atoms with Crippen LogP contribution in [0.15, 0.2) is 6.33 Å². The summed E-state index contributed by atoms with van der Waals surface area (Å²) in [5.74, 6) is -3.59. The van der Waals surface area contributed by atoms with Crippen LogP contribution in [-0.4, -0.2) is 93.4 Å². The van der Waals surface area contributed by atoms with Gasteiger partial charge in [-0.2, -0.15) is 14.4 Å². The van der Waals surface area contributed by atoms with Crippen LogP contribution in [0, 0.1) is 6.08 Å². The van der Waals surface area contributed by atoms with Crippen molar-refractivity contribution in [2.45, 2.75) is 49.6 Å². The molecule has 5 atom stereocenters. The summed E-state index contributed by atoms with van der Waals surface area (Å²) in [4.78, 5) is 53.8. The van der Waals surface area contributed by atoms with Gasteiger partial charge in [-0.05, 0) is 13.3 Å². The van der Waals surface area contributed by atoms with Gasteiger partial charge in [0.05, 0.1) is 32.1 Å². The molecular formula is C17H23FN5O11P. The zero-order valence-electron chi connectivity index (χ0n) is 18.1. The van der Waals surface area contributed by atoms with E-state index in [0.717, 1.165) is 10.9 Å². The normalized spacial score (nSPS) is 24.4. The monoisotopic (exact) mass is 523 g/mol.